The fraction of sp³-hybridized carbons (Fsp3) is 0.500. The van der Waals surface area contributed by atoms with Gasteiger partial charge in [-0.1, -0.05) is 19.9 Å². The Bertz CT molecular complexity index is 476. The summed E-state index contributed by atoms with van der Waals surface area (Å²) in [7, 11) is 0. The number of aliphatic hydroxyl groups is 1. The van der Waals surface area contributed by atoms with Crippen molar-refractivity contribution < 1.29 is 18.7 Å². The van der Waals surface area contributed by atoms with Gasteiger partial charge in [0.2, 0.25) is 5.91 Å². The maximum absolute atomic E-state index is 13.4. The van der Waals surface area contributed by atoms with E-state index in [9.17, 15) is 18.7 Å². The third-order valence-corrected chi connectivity index (χ3v) is 3.75. The SMILES string of the molecule is CC(C)C1(O)CN(C(=O)Cc2c(F)cccc2F)C1. The maximum Gasteiger partial charge on any atom is 0.227 e. The summed E-state index contributed by atoms with van der Waals surface area (Å²) < 4.78 is 26.8. The summed E-state index contributed by atoms with van der Waals surface area (Å²) in [6.07, 6.45) is -0.313. The van der Waals surface area contributed by atoms with E-state index in [1.54, 1.807) is 0 Å². The lowest BCUT2D eigenvalue weighted by atomic mass is 9.82. The molecule has 0 aliphatic carbocycles. The smallest absolute Gasteiger partial charge is 0.227 e. The number of halogens is 2. The van der Waals surface area contributed by atoms with Crippen LogP contribution in [0.15, 0.2) is 18.2 Å². The lowest BCUT2D eigenvalue weighted by Crippen LogP contribution is -2.66. The lowest BCUT2D eigenvalue weighted by molar-refractivity contribution is -0.163. The normalized spacial score (nSPS) is 17.5. The zero-order chi connectivity index (χ0) is 14.2. The van der Waals surface area contributed by atoms with Crippen molar-refractivity contribution >= 4 is 5.91 Å². The maximum atomic E-state index is 13.4. The van der Waals surface area contributed by atoms with Gasteiger partial charge in [0, 0.05) is 5.56 Å². The van der Waals surface area contributed by atoms with Crippen molar-refractivity contribution in [2.24, 2.45) is 5.92 Å². The highest BCUT2D eigenvalue weighted by molar-refractivity contribution is 5.80. The largest absolute Gasteiger partial charge is 0.386 e. The molecular weight excluding hydrogens is 252 g/mol. The van der Waals surface area contributed by atoms with Crippen LogP contribution in [0.1, 0.15) is 19.4 Å². The Morgan fingerprint density at radius 2 is 1.89 bits per heavy atom. The topological polar surface area (TPSA) is 40.5 Å². The monoisotopic (exact) mass is 269 g/mol. The van der Waals surface area contributed by atoms with Crippen LogP contribution in [0.4, 0.5) is 8.78 Å². The van der Waals surface area contributed by atoms with Gasteiger partial charge in [-0.2, -0.15) is 0 Å². The Labute approximate surface area is 110 Å². The second kappa shape index (κ2) is 4.89. The number of benzene rings is 1. The molecule has 104 valence electrons. The van der Waals surface area contributed by atoms with E-state index in [2.05, 4.69) is 0 Å². The van der Waals surface area contributed by atoms with Crippen LogP contribution in [0, 0.1) is 17.6 Å². The van der Waals surface area contributed by atoms with E-state index in [1.165, 1.54) is 11.0 Å². The molecule has 1 N–H and O–H groups in total. The first-order valence-corrected chi connectivity index (χ1v) is 6.26. The number of carbonyl (C=O) groups excluding carboxylic acids is 1. The second-order valence-corrected chi connectivity index (χ2v) is 5.39. The van der Waals surface area contributed by atoms with Gasteiger partial charge in [0.05, 0.1) is 19.5 Å². The Morgan fingerprint density at radius 3 is 2.37 bits per heavy atom. The van der Waals surface area contributed by atoms with Crippen molar-refractivity contribution in [3.8, 4) is 0 Å². The average molecular weight is 269 g/mol. The van der Waals surface area contributed by atoms with Crippen LogP contribution in [0.2, 0.25) is 0 Å². The molecule has 1 heterocycles. The van der Waals surface area contributed by atoms with E-state index in [-0.39, 0.29) is 36.9 Å². The first-order chi connectivity index (χ1) is 8.83. The van der Waals surface area contributed by atoms with E-state index in [0.29, 0.717) is 0 Å². The molecule has 1 fully saturated rings. The van der Waals surface area contributed by atoms with Crippen molar-refractivity contribution in [1.82, 2.24) is 4.90 Å². The molecule has 0 spiro atoms. The van der Waals surface area contributed by atoms with Crippen LogP contribution >= 0.6 is 0 Å². The minimum atomic E-state index is -0.872. The van der Waals surface area contributed by atoms with Gasteiger partial charge in [0.15, 0.2) is 0 Å². The van der Waals surface area contributed by atoms with Crippen molar-refractivity contribution in [3.63, 3.8) is 0 Å². The molecule has 5 heteroatoms. The molecule has 1 aliphatic heterocycles. The molecule has 19 heavy (non-hydrogen) atoms. The Kier molecular flexibility index (Phi) is 3.58. The molecule has 0 aromatic heterocycles. The molecule has 0 radical (unpaired) electrons. The molecule has 1 aromatic carbocycles. The highest BCUT2D eigenvalue weighted by Crippen LogP contribution is 2.29. The number of carbonyl (C=O) groups is 1. The van der Waals surface area contributed by atoms with Gasteiger partial charge in [-0.15, -0.1) is 0 Å². The lowest BCUT2D eigenvalue weighted by Gasteiger charge is -2.49. The van der Waals surface area contributed by atoms with Gasteiger partial charge < -0.3 is 10.0 Å². The first kappa shape index (κ1) is 13.9. The number of hydrogen-bond donors (Lipinski definition) is 1. The average Bonchev–Trinajstić information content (AvgIpc) is 2.29. The summed E-state index contributed by atoms with van der Waals surface area (Å²) in [6.45, 7) is 4.19. The molecule has 0 unspecified atom stereocenters. The predicted octanol–water partition coefficient (Wildman–Crippen LogP) is 1.74. The summed E-state index contributed by atoms with van der Waals surface area (Å²) in [5, 5.41) is 10.0. The fourth-order valence-corrected chi connectivity index (χ4v) is 2.12. The van der Waals surface area contributed by atoms with E-state index in [4.69, 9.17) is 0 Å². The highest BCUT2D eigenvalue weighted by Gasteiger charge is 2.45. The highest BCUT2D eigenvalue weighted by atomic mass is 19.1. The van der Waals surface area contributed by atoms with Crippen molar-refractivity contribution in [2.45, 2.75) is 25.9 Å². The summed E-state index contributed by atoms with van der Waals surface area (Å²) in [6, 6.07) is 3.53. The predicted molar refractivity (Wildman–Crippen MR) is 66.4 cm³/mol. The van der Waals surface area contributed by atoms with Crippen LogP contribution in [-0.2, 0) is 11.2 Å². The first-order valence-electron chi connectivity index (χ1n) is 6.26. The van der Waals surface area contributed by atoms with Crippen molar-refractivity contribution in [2.75, 3.05) is 13.1 Å². The number of likely N-dealkylation sites (tertiary alicyclic amines) is 1. The fourth-order valence-electron chi connectivity index (χ4n) is 2.12. The van der Waals surface area contributed by atoms with Crippen molar-refractivity contribution in [3.05, 3.63) is 35.4 Å². The molecule has 0 bridgehead atoms. The van der Waals surface area contributed by atoms with Gasteiger partial charge in [0.25, 0.3) is 0 Å². The van der Waals surface area contributed by atoms with Gasteiger partial charge in [-0.05, 0) is 18.1 Å². The van der Waals surface area contributed by atoms with E-state index < -0.39 is 17.2 Å². The molecule has 2 rings (SSSR count). The standard InChI is InChI=1S/C14H17F2NO2/c1-9(2)14(19)7-17(8-14)13(18)6-10-11(15)4-3-5-12(10)16/h3-5,9,19H,6-8H2,1-2H3. The van der Waals surface area contributed by atoms with Crippen LogP contribution < -0.4 is 0 Å². The minimum absolute atomic E-state index is 0.0433. The molecule has 0 atom stereocenters. The summed E-state index contributed by atoms with van der Waals surface area (Å²) in [5.74, 6) is -1.75. The summed E-state index contributed by atoms with van der Waals surface area (Å²) in [4.78, 5) is 13.3. The quantitative estimate of drug-likeness (QED) is 0.908. The van der Waals surface area contributed by atoms with E-state index >= 15 is 0 Å². The Morgan fingerprint density at radius 1 is 1.37 bits per heavy atom. The Balaban J connectivity index is 2.01. The molecule has 3 nitrogen and oxygen atoms in total. The number of rotatable bonds is 3. The molecule has 1 saturated heterocycles. The second-order valence-electron chi connectivity index (χ2n) is 5.39. The van der Waals surface area contributed by atoms with Gasteiger partial charge >= 0.3 is 0 Å². The third-order valence-electron chi connectivity index (χ3n) is 3.75. The van der Waals surface area contributed by atoms with Crippen LogP contribution in [-0.4, -0.2) is 34.6 Å². The number of nitrogens with zero attached hydrogens (tertiary/aromatic N) is 1. The molecule has 1 amide bonds. The van der Waals surface area contributed by atoms with E-state index in [1.807, 2.05) is 13.8 Å². The summed E-state index contributed by atoms with van der Waals surface area (Å²) >= 11 is 0. The van der Waals surface area contributed by atoms with Crippen molar-refractivity contribution in [1.29, 1.82) is 0 Å². The van der Waals surface area contributed by atoms with Crippen LogP contribution in [0.5, 0.6) is 0 Å². The van der Waals surface area contributed by atoms with Gasteiger partial charge in [0.1, 0.15) is 17.2 Å². The molecule has 1 aromatic rings. The zero-order valence-electron chi connectivity index (χ0n) is 11.0. The molecule has 1 aliphatic rings. The van der Waals surface area contributed by atoms with Crippen LogP contribution in [0.25, 0.3) is 0 Å². The summed E-state index contributed by atoms with van der Waals surface area (Å²) in [5.41, 5.74) is -1.09. The molecule has 0 saturated carbocycles. The number of hydrogen-bond acceptors (Lipinski definition) is 2. The number of β-amino-alcohol motifs (C(OH)–C–C–N with tert-alkyl or cyclic N) is 1. The van der Waals surface area contributed by atoms with Gasteiger partial charge in [-0.3, -0.25) is 4.79 Å². The third kappa shape index (κ3) is 2.61. The Hall–Kier alpha value is -1.49. The minimum Gasteiger partial charge on any atom is -0.386 e. The number of amides is 1. The van der Waals surface area contributed by atoms with Crippen LogP contribution in [0.3, 0.4) is 0 Å². The zero-order valence-corrected chi connectivity index (χ0v) is 11.0. The van der Waals surface area contributed by atoms with E-state index in [0.717, 1.165) is 12.1 Å². The molecular formula is C14H17F2NO2. The van der Waals surface area contributed by atoms with Gasteiger partial charge in [-0.25, -0.2) is 8.78 Å².